The van der Waals surface area contributed by atoms with Crippen LogP contribution in [0.3, 0.4) is 0 Å². The normalized spacial score (nSPS) is 15.2. The second-order valence-electron chi connectivity index (χ2n) is 9.48. The van der Waals surface area contributed by atoms with Gasteiger partial charge in [-0.3, -0.25) is 0 Å². The molecule has 0 bridgehead atoms. The molecule has 1 aromatic heterocycles. The third-order valence-corrected chi connectivity index (χ3v) is 7.14. The quantitative estimate of drug-likeness (QED) is 0.290. The van der Waals surface area contributed by atoms with Crippen LogP contribution in [0, 0.1) is 0 Å². The molecule has 6 nitrogen and oxygen atoms in total. The van der Waals surface area contributed by atoms with Gasteiger partial charge in [-0.15, -0.1) is 11.6 Å². The van der Waals surface area contributed by atoms with Crippen LogP contribution in [0.1, 0.15) is 30.7 Å². The molecule has 0 amide bonds. The number of benzene rings is 2. The van der Waals surface area contributed by atoms with Gasteiger partial charge in [0.1, 0.15) is 19.0 Å². The van der Waals surface area contributed by atoms with Crippen molar-refractivity contribution in [3.63, 3.8) is 0 Å². The molecule has 38 heavy (non-hydrogen) atoms. The number of ether oxygens (including phenoxy) is 2. The Labute approximate surface area is 233 Å². The van der Waals surface area contributed by atoms with Gasteiger partial charge in [0.15, 0.2) is 11.4 Å². The van der Waals surface area contributed by atoms with Gasteiger partial charge >= 0.3 is 6.18 Å². The summed E-state index contributed by atoms with van der Waals surface area (Å²) in [5, 5.41) is 10.5. The van der Waals surface area contributed by atoms with Gasteiger partial charge in [-0.25, -0.2) is 9.97 Å². The predicted octanol–water partition coefficient (Wildman–Crippen LogP) is 6.42. The summed E-state index contributed by atoms with van der Waals surface area (Å²) in [5.41, 5.74) is -0.798. The lowest BCUT2D eigenvalue weighted by atomic mass is 9.78. The van der Waals surface area contributed by atoms with Gasteiger partial charge in [-0.05, 0) is 41.5 Å². The number of aliphatic hydroxyl groups is 1. The second-order valence-corrected chi connectivity index (χ2v) is 10.7. The molecule has 0 saturated carbocycles. The van der Waals surface area contributed by atoms with Crippen molar-refractivity contribution in [1.29, 1.82) is 0 Å². The smallest absolute Gasteiger partial charge is 0.420 e. The van der Waals surface area contributed by atoms with Crippen LogP contribution in [-0.4, -0.2) is 52.4 Å². The maximum absolute atomic E-state index is 12.9. The lowest BCUT2D eigenvalue weighted by Gasteiger charge is -2.46. The largest absolute Gasteiger partial charge is 0.489 e. The SMILES string of the molecule is CC(C)(c1ccc(OCc2ccnc(N3CC(O)(C(F)(F)F)C3)n2)cc1)c1cc(Cl)c(OCCCl)c(Cl)c1. The maximum Gasteiger partial charge on any atom is 0.420 e. The molecule has 204 valence electrons. The molecule has 1 saturated heterocycles. The van der Waals surface area contributed by atoms with Crippen LogP contribution < -0.4 is 14.4 Å². The molecule has 0 radical (unpaired) electrons. The van der Waals surface area contributed by atoms with Crippen LogP contribution >= 0.6 is 34.8 Å². The molecule has 1 N–H and O–H groups in total. The van der Waals surface area contributed by atoms with E-state index in [1.807, 2.05) is 50.2 Å². The van der Waals surface area contributed by atoms with E-state index in [0.29, 0.717) is 39.7 Å². The minimum absolute atomic E-state index is 0.0879. The number of hydrogen-bond acceptors (Lipinski definition) is 6. The molecule has 2 aromatic carbocycles. The third kappa shape index (κ3) is 5.91. The highest BCUT2D eigenvalue weighted by atomic mass is 35.5. The summed E-state index contributed by atoms with van der Waals surface area (Å²) in [7, 11) is 0. The fraction of sp³-hybridized carbons (Fsp3) is 0.385. The van der Waals surface area contributed by atoms with Crippen molar-refractivity contribution in [1.82, 2.24) is 9.97 Å². The van der Waals surface area contributed by atoms with Crippen LogP contribution in [0.4, 0.5) is 19.1 Å². The van der Waals surface area contributed by atoms with E-state index in [4.69, 9.17) is 44.3 Å². The average Bonchev–Trinajstić information content (AvgIpc) is 2.84. The topological polar surface area (TPSA) is 67.7 Å². The number of alkyl halides is 4. The summed E-state index contributed by atoms with van der Waals surface area (Å²) in [6.45, 7) is 3.24. The number of halogens is 6. The highest BCUT2D eigenvalue weighted by Crippen LogP contribution is 2.41. The maximum atomic E-state index is 12.9. The number of hydrogen-bond donors (Lipinski definition) is 1. The molecular weight excluding hydrogens is 566 g/mol. The Kier molecular flexibility index (Phi) is 8.23. The van der Waals surface area contributed by atoms with Crippen molar-refractivity contribution >= 4 is 40.8 Å². The zero-order valence-corrected chi connectivity index (χ0v) is 22.8. The van der Waals surface area contributed by atoms with E-state index < -0.39 is 30.3 Å². The van der Waals surface area contributed by atoms with Gasteiger partial charge in [0, 0.05) is 11.6 Å². The Bertz CT molecular complexity index is 1260. The number of nitrogens with zero attached hydrogens (tertiary/aromatic N) is 3. The van der Waals surface area contributed by atoms with E-state index >= 15 is 0 Å². The van der Waals surface area contributed by atoms with E-state index in [-0.39, 0.29) is 12.6 Å². The Balaban J connectivity index is 1.40. The van der Waals surface area contributed by atoms with Crippen molar-refractivity contribution in [3.8, 4) is 11.5 Å². The number of rotatable bonds is 9. The van der Waals surface area contributed by atoms with Crippen molar-refractivity contribution in [2.24, 2.45) is 0 Å². The lowest BCUT2D eigenvalue weighted by Crippen LogP contribution is -2.69. The molecular formula is C26H25Cl3F3N3O3. The third-order valence-electron chi connectivity index (χ3n) is 6.42. The lowest BCUT2D eigenvalue weighted by molar-refractivity contribution is -0.267. The summed E-state index contributed by atoms with van der Waals surface area (Å²) in [6, 6.07) is 12.8. The molecule has 1 aliphatic rings. The highest BCUT2D eigenvalue weighted by molar-refractivity contribution is 6.37. The molecule has 0 unspecified atom stereocenters. The number of anilines is 1. The van der Waals surface area contributed by atoms with Crippen LogP contribution in [0.15, 0.2) is 48.7 Å². The second kappa shape index (κ2) is 11.0. The van der Waals surface area contributed by atoms with Gasteiger partial charge in [0.2, 0.25) is 5.95 Å². The first-order valence-corrected chi connectivity index (χ1v) is 12.9. The van der Waals surface area contributed by atoms with Crippen molar-refractivity contribution < 1.29 is 27.8 Å². The highest BCUT2D eigenvalue weighted by Gasteiger charge is 2.61. The summed E-state index contributed by atoms with van der Waals surface area (Å²) in [5.74, 6) is 1.40. The van der Waals surface area contributed by atoms with E-state index in [2.05, 4.69) is 9.97 Å². The molecule has 0 aliphatic carbocycles. The van der Waals surface area contributed by atoms with Gasteiger partial charge in [0.05, 0.1) is 34.7 Å². The Morgan fingerprint density at radius 1 is 1.00 bits per heavy atom. The Hall–Kier alpha value is -2.46. The Morgan fingerprint density at radius 2 is 1.63 bits per heavy atom. The monoisotopic (exact) mass is 589 g/mol. The zero-order valence-electron chi connectivity index (χ0n) is 20.5. The molecule has 3 aromatic rings. The van der Waals surface area contributed by atoms with Crippen molar-refractivity contribution in [2.75, 3.05) is 30.5 Å². The first-order valence-electron chi connectivity index (χ1n) is 11.6. The average molecular weight is 591 g/mol. The van der Waals surface area contributed by atoms with Crippen LogP contribution in [0.2, 0.25) is 10.0 Å². The Morgan fingerprint density at radius 3 is 2.21 bits per heavy atom. The number of aromatic nitrogens is 2. The first kappa shape index (κ1) is 28.5. The predicted molar refractivity (Wildman–Crippen MR) is 141 cm³/mol. The minimum atomic E-state index is -4.70. The minimum Gasteiger partial charge on any atom is -0.489 e. The van der Waals surface area contributed by atoms with E-state index in [9.17, 15) is 18.3 Å². The molecule has 2 heterocycles. The van der Waals surface area contributed by atoms with E-state index in [1.54, 1.807) is 6.07 Å². The van der Waals surface area contributed by atoms with Gasteiger partial charge in [-0.2, -0.15) is 13.2 Å². The molecule has 0 spiro atoms. The first-order chi connectivity index (χ1) is 17.8. The molecule has 12 heteroatoms. The van der Waals surface area contributed by atoms with E-state index in [0.717, 1.165) is 11.1 Å². The van der Waals surface area contributed by atoms with Crippen molar-refractivity contribution in [2.45, 2.75) is 37.6 Å². The van der Waals surface area contributed by atoms with Gasteiger partial charge < -0.3 is 19.5 Å². The summed E-state index contributed by atoms with van der Waals surface area (Å²) < 4.78 is 50.1. The van der Waals surface area contributed by atoms with Gasteiger partial charge in [-0.1, -0.05) is 49.2 Å². The molecule has 4 rings (SSSR count). The van der Waals surface area contributed by atoms with Crippen LogP contribution in [0.25, 0.3) is 0 Å². The molecule has 0 atom stereocenters. The van der Waals surface area contributed by atoms with Gasteiger partial charge in [0.25, 0.3) is 0 Å². The molecule has 1 aliphatic heterocycles. The van der Waals surface area contributed by atoms with Crippen molar-refractivity contribution in [3.05, 3.63) is 75.5 Å². The molecule has 1 fully saturated rings. The summed E-state index contributed by atoms with van der Waals surface area (Å²) >= 11 is 18.5. The zero-order chi connectivity index (χ0) is 27.7. The summed E-state index contributed by atoms with van der Waals surface area (Å²) in [4.78, 5) is 9.54. The van der Waals surface area contributed by atoms with E-state index in [1.165, 1.54) is 11.1 Å². The van der Waals surface area contributed by atoms with Crippen LogP contribution in [-0.2, 0) is 12.0 Å². The number of β-amino-alcohol motifs (C(OH)–C–C–N with tert-alkyl or cyclic N) is 1. The van der Waals surface area contributed by atoms with Crippen LogP contribution in [0.5, 0.6) is 11.5 Å². The fourth-order valence-corrected chi connectivity index (χ4v) is 4.69. The standard InChI is InChI=1S/C26H25Cl3F3N3O3/c1-24(2,17-11-20(28)22(21(29)12-17)37-10-8-27)16-3-5-19(6-4-16)38-13-18-7-9-33-23(34-18)35-14-25(36,15-35)26(30,31)32/h3-7,9,11-12,36H,8,10,13-15H2,1-2H3. The summed E-state index contributed by atoms with van der Waals surface area (Å²) in [6.07, 6.45) is -3.26. The fourth-order valence-electron chi connectivity index (χ4n) is 4.01.